The number of methoxy groups -OCH3 is 1. The molecule has 0 aliphatic heterocycles. The molecule has 0 heterocycles. The maximum atomic E-state index is 13.9. The van der Waals surface area contributed by atoms with Gasteiger partial charge in [0, 0.05) is 50.9 Å². The molecule has 11 heteroatoms. The van der Waals surface area contributed by atoms with Gasteiger partial charge in [-0.2, -0.15) is 4.31 Å². The fraction of sp³-hybridized carbons (Fsp3) is 0.484. The zero-order chi connectivity index (χ0) is 30.6. The number of rotatable bonds is 16. The quantitative estimate of drug-likeness (QED) is 0.132. The number of carbonyl (C=O) groups excluding carboxylic acids is 2. The standard InChI is InChI=1S/C31H42N4O6S/c1-24(2)23-35(42(39,40)28-16-14-27(41-3)15-17-28)31(38,21-25-9-5-4-6-10-25)18-20-33-29(36)11-7-8-19-32-30(37)22-34-26-12-13-26/h4-6,9-10,14-17,24,26,34,38H,7,11-13,18,20-23H2,1-3H3,(H,32,37)(H,33,36). The lowest BCUT2D eigenvalue weighted by Gasteiger charge is -2.40. The first-order valence-electron chi connectivity index (χ1n) is 14.2. The van der Waals surface area contributed by atoms with Crippen molar-refractivity contribution in [2.75, 3.05) is 26.7 Å². The van der Waals surface area contributed by atoms with E-state index in [1.165, 1.54) is 19.2 Å². The molecule has 3 rings (SSSR count). The van der Waals surface area contributed by atoms with Crippen molar-refractivity contribution >= 4 is 21.8 Å². The van der Waals surface area contributed by atoms with Crippen LogP contribution in [0.15, 0.2) is 59.5 Å². The second-order valence-corrected chi connectivity index (χ2v) is 12.7. The average molecular weight is 599 g/mol. The van der Waals surface area contributed by atoms with Crippen LogP contribution < -0.4 is 20.7 Å². The van der Waals surface area contributed by atoms with Gasteiger partial charge in [0.05, 0.1) is 18.6 Å². The highest BCUT2D eigenvalue weighted by Crippen LogP contribution is 2.31. The van der Waals surface area contributed by atoms with Gasteiger partial charge in [0.1, 0.15) is 11.5 Å². The van der Waals surface area contributed by atoms with Gasteiger partial charge < -0.3 is 20.5 Å². The number of hydrogen-bond acceptors (Lipinski definition) is 7. The van der Waals surface area contributed by atoms with E-state index in [1.807, 2.05) is 44.2 Å². The Morgan fingerprint density at radius 1 is 1.10 bits per heavy atom. The van der Waals surface area contributed by atoms with Crippen LogP contribution in [0.3, 0.4) is 0 Å². The summed E-state index contributed by atoms with van der Waals surface area (Å²) in [5, 5.41) is 20.4. The maximum absolute atomic E-state index is 13.9. The number of nitrogens with one attached hydrogen (secondary N) is 3. The first kappa shape index (κ1) is 33.1. The van der Waals surface area contributed by atoms with E-state index < -0.39 is 15.7 Å². The number of nitrogens with zero attached hydrogens (tertiary/aromatic N) is 1. The monoisotopic (exact) mass is 598 g/mol. The minimum absolute atomic E-state index is 0.0343. The van der Waals surface area contributed by atoms with Crippen LogP contribution in [0.2, 0.25) is 0 Å². The third-order valence-electron chi connectivity index (χ3n) is 6.72. The molecule has 2 aromatic carbocycles. The molecule has 1 unspecified atom stereocenters. The summed E-state index contributed by atoms with van der Waals surface area (Å²) in [7, 11) is -2.62. The summed E-state index contributed by atoms with van der Waals surface area (Å²) < 4.78 is 34.2. The third kappa shape index (κ3) is 10.4. The number of sulfonamides is 1. The number of hydrogen-bond donors (Lipinski definition) is 4. The van der Waals surface area contributed by atoms with E-state index in [4.69, 9.17) is 4.74 Å². The summed E-state index contributed by atoms with van der Waals surface area (Å²) in [6, 6.07) is 18.2. The molecule has 10 nitrogen and oxygen atoms in total. The molecule has 1 aliphatic carbocycles. The average Bonchev–Trinajstić information content (AvgIpc) is 3.80. The van der Waals surface area contributed by atoms with E-state index in [0.717, 1.165) is 22.7 Å². The predicted molar refractivity (Wildman–Crippen MR) is 161 cm³/mol. The molecule has 0 spiro atoms. The molecule has 0 saturated heterocycles. The topological polar surface area (TPSA) is 137 Å². The number of amides is 2. The Labute approximate surface area is 249 Å². The van der Waals surface area contributed by atoms with Gasteiger partial charge in [-0.05, 0) is 48.6 Å². The SMILES string of the molecule is COc1ccc(S(=O)(=O)N(CC(C)C)C(O)(CCNC(=O)CCC#CNC(=O)CNC2CC2)Cc2ccccc2)cc1. The number of ether oxygens (including phenoxy) is 1. The van der Waals surface area contributed by atoms with Crippen molar-refractivity contribution in [2.45, 2.75) is 69.0 Å². The zero-order valence-electron chi connectivity index (χ0n) is 24.6. The van der Waals surface area contributed by atoms with E-state index in [9.17, 15) is 23.1 Å². The molecule has 1 aliphatic rings. The first-order chi connectivity index (χ1) is 20.0. The van der Waals surface area contributed by atoms with Crippen molar-refractivity contribution in [2.24, 2.45) is 5.92 Å². The Kier molecular flexibility index (Phi) is 12.4. The molecular weight excluding hydrogens is 556 g/mol. The van der Waals surface area contributed by atoms with Gasteiger partial charge in [-0.15, -0.1) is 0 Å². The lowest BCUT2D eigenvalue weighted by molar-refractivity contribution is -0.121. The van der Waals surface area contributed by atoms with Gasteiger partial charge in [-0.25, -0.2) is 8.42 Å². The van der Waals surface area contributed by atoms with Crippen molar-refractivity contribution in [3.63, 3.8) is 0 Å². The van der Waals surface area contributed by atoms with E-state index >= 15 is 0 Å². The van der Waals surface area contributed by atoms with Crippen molar-refractivity contribution < 1.29 is 27.9 Å². The molecule has 0 bridgehead atoms. The molecule has 1 atom stereocenters. The van der Waals surface area contributed by atoms with E-state index in [1.54, 1.807) is 12.1 Å². The Hall–Kier alpha value is -3.43. The minimum atomic E-state index is -4.12. The fourth-order valence-corrected chi connectivity index (χ4v) is 6.17. The number of benzene rings is 2. The fourth-order valence-electron chi connectivity index (χ4n) is 4.33. The molecule has 2 amide bonds. The summed E-state index contributed by atoms with van der Waals surface area (Å²) >= 11 is 0. The van der Waals surface area contributed by atoms with Crippen LogP contribution >= 0.6 is 0 Å². The number of carbonyl (C=O) groups is 2. The van der Waals surface area contributed by atoms with Gasteiger partial charge in [0.2, 0.25) is 21.8 Å². The molecule has 1 fully saturated rings. The first-order valence-corrected chi connectivity index (χ1v) is 15.7. The van der Waals surface area contributed by atoms with E-state index in [-0.39, 0.29) is 67.9 Å². The van der Waals surface area contributed by atoms with Gasteiger partial charge in [0.25, 0.3) is 0 Å². The summed E-state index contributed by atoms with van der Waals surface area (Å²) in [5.74, 6) is 2.69. The Balaban J connectivity index is 1.68. The number of aliphatic hydroxyl groups is 1. The molecule has 2 aromatic rings. The maximum Gasteiger partial charge on any atom is 0.245 e. The van der Waals surface area contributed by atoms with Crippen LogP contribution in [0.25, 0.3) is 0 Å². The minimum Gasteiger partial charge on any atom is -0.497 e. The molecule has 0 aromatic heterocycles. The van der Waals surface area contributed by atoms with Crippen LogP contribution in [0.5, 0.6) is 5.75 Å². The summed E-state index contributed by atoms with van der Waals surface area (Å²) in [5.41, 5.74) is -1.06. The van der Waals surface area contributed by atoms with Crippen LogP contribution in [0.4, 0.5) is 0 Å². The lowest BCUT2D eigenvalue weighted by atomic mass is 9.98. The third-order valence-corrected chi connectivity index (χ3v) is 8.65. The summed E-state index contributed by atoms with van der Waals surface area (Å²) in [6.07, 6.45) is 2.51. The van der Waals surface area contributed by atoms with Crippen LogP contribution in [0.1, 0.15) is 51.5 Å². The molecular formula is C31H42N4O6S. The molecule has 4 N–H and O–H groups in total. The van der Waals surface area contributed by atoms with Gasteiger partial charge in [-0.1, -0.05) is 50.1 Å². The second kappa shape index (κ2) is 15.7. The highest BCUT2D eigenvalue weighted by molar-refractivity contribution is 7.89. The smallest absolute Gasteiger partial charge is 0.245 e. The molecule has 1 saturated carbocycles. The Bertz CT molecular complexity index is 1330. The normalized spacial score (nSPS) is 14.5. The van der Waals surface area contributed by atoms with Crippen molar-refractivity contribution in [1.82, 2.24) is 20.3 Å². The van der Waals surface area contributed by atoms with Crippen molar-refractivity contribution in [1.29, 1.82) is 0 Å². The van der Waals surface area contributed by atoms with Gasteiger partial charge in [0.15, 0.2) is 0 Å². The van der Waals surface area contributed by atoms with Crippen LogP contribution in [-0.2, 0) is 26.0 Å². The van der Waals surface area contributed by atoms with Crippen LogP contribution in [0, 0.1) is 17.9 Å². The largest absolute Gasteiger partial charge is 0.497 e. The highest BCUT2D eigenvalue weighted by atomic mass is 32.2. The molecule has 42 heavy (non-hydrogen) atoms. The van der Waals surface area contributed by atoms with E-state index in [2.05, 4.69) is 27.9 Å². The molecule has 0 radical (unpaired) electrons. The molecule has 228 valence electrons. The lowest BCUT2D eigenvalue weighted by Crippen LogP contribution is -2.55. The van der Waals surface area contributed by atoms with Crippen LogP contribution in [-0.4, -0.2) is 68.2 Å². The van der Waals surface area contributed by atoms with E-state index in [0.29, 0.717) is 11.8 Å². The van der Waals surface area contributed by atoms with Crippen molar-refractivity contribution in [3.05, 3.63) is 60.2 Å². The summed E-state index contributed by atoms with van der Waals surface area (Å²) in [6.45, 7) is 4.10. The Morgan fingerprint density at radius 2 is 1.79 bits per heavy atom. The Morgan fingerprint density at radius 3 is 2.40 bits per heavy atom. The second-order valence-electron chi connectivity index (χ2n) is 10.9. The highest BCUT2D eigenvalue weighted by Gasteiger charge is 2.43. The summed E-state index contributed by atoms with van der Waals surface area (Å²) in [4.78, 5) is 24.2. The van der Waals surface area contributed by atoms with Crippen molar-refractivity contribution in [3.8, 4) is 17.7 Å². The van der Waals surface area contributed by atoms with Gasteiger partial charge in [-0.3, -0.25) is 14.9 Å². The zero-order valence-corrected chi connectivity index (χ0v) is 25.4. The van der Waals surface area contributed by atoms with Gasteiger partial charge >= 0.3 is 0 Å². The predicted octanol–water partition coefficient (Wildman–Crippen LogP) is 2.39.